The number of nitrogens with zero attached hydrogens (tertiary/aromatic N) is 1. The van der Waals surface area contributed by atoms with Crippen molar-refractivity contribution in [2.75, 3.05) is 26.3 Å². The highest BCUT2D eigenvalue weighted by Crippen LogP contribution is 2.32. The molecule has 2 aliphatic rings. The third kappa shape index (κ3) is 4.71. The minimum Gasteiger partial charge on any atom is -0.379 e. The van der Waals surface area contributed by atoms with Crippen molar-refractivity contribution in [3.05, 3.63) is 42.0 Å². The summed E-state index contributed by atoms with van der Waals surface area (Å²) in [5.74, 6) is -0.0368. The summed E-state index contributed by atoms with van der Waals surface area (Å²) in [6, 6.07) is 11.1. The fraction of sp³-hybridized carbons (Fsp3) is 0.476. The van der Waals surface area contributed by atoms with Crippen LogP contribution in [0.5, 0.6) is 0 Å². The second-order valence-electron chi connectivity index (χ2n) is 7.52. The molecule has 1 amide bonds. The second kappa shape index (κ2) is 8.95. The van der Waals surface area contributed by atoms with Gasteiger partial charge in [0.15, 0.2) is 0 Å². The van der Waals surface area contributed by atoms with Gasteiger partial charge in [-0.1, -0.05) is 31.4 Å². The number of morpholine rings is 1. The maximum atomic E-state index is 12.8. The number of hydrogen-bond acceptors (Lipinski definition) is 5. The van der Waals surface area contributed by atoms with E-state index in [1.807, 2.05) is 30.3 Å². The van der Waals surface area contributed by atoms with Crippen LogP contribution in [0, 0.1) is 0 Å². The van der Waals surface area contributed by atoms with Gasteiger partial charge in [-0.3, -0.25) is 4.79 Å². The highest BCUT2D eigenvalue weighted by Gasteiger charge is 2.28. The molecule has 156 valence electrons. The van der Waals surface area contributed by atoms with Gasteiger partial charge in [0.05, 0.1) is 13.2 Å². The summed E-state index contributed by atoms with van der Waals surface area (Å²) < 4.78 is 32.7. The molecule has 0 unspecified atom stereocenters. The van der Waals surface area contributed by atoms with Gasteiger partial charge in [-0.25, -0.2) is 8.42 Å². The minimum atomic E-state index is -3.48. The maximum Gasteiger partial charge on any atom is 0.252 e. The van der Waals surface area contributed by atoms with E-state index in [2.05, 4.69) is 5.32 Å². The van der Waals surface area contributed by atoms with Crippen molar-refractivity contribution >= 4 is 27.3 Å². The lowest BCUT2D eigenvalue weighted by Gasteiger charge is -2.25. The number of ether oxygens (including phenoxy) is 1. The van der Waals surface area contributed by atoms with E-state index in [9.17, 15) is 13.2 Å². The first kappa shape index (κ1) is 20.5. The standard InChI is InChI=1S/C21H26N2O4S2/c24-21(22-18-4-2-1-3-5-18)17-8-6-16(7-9-17)19-10-11-20(28-19)29(25,26)23-12-14-27-15-13-23/h6-11,18H,1-5,12-15H2,(H,22,24). The minimum absolute atomic E-state index is 0.0368. The largest absolute Gasteiger partial charge is 0.379 e. The van der Waals surface area contributed by atoms with Gasteiger partial charge < -0.3 is 10.1 Å². The summed E-state index contributed by atoms with van der Waals surface area (Å²) >= 11 is 1.26. The number of thiophene rings is 1. The molecule has 0 radical (unpaired) electrons. The Balaban J connectivity index is 1.45. The van der Waals surface area contributed by atoms with Crippen molar-refractivity contribution < 1.29 is 17.9 Å². The summed E-state index contributed by atoms with van der Waals surface area (Å²) in [5, 5.41) is 3.12. The fourth-order valence-corrected chi connectivity index (χ4v) is 6.70. The highest BCUT2D eigenvalue weighted by molar-refractivity contribution is 7.91. The smallest absolute Gasteiger partial charge is 0.252 e. The average molecular weight is 435 g/mol. The molecule has 1 N–H and O–H groups in total. The third-order valence-corrected chi connectivity index (χ3v) is 9.02. The molecule has 2 heterocycles. The maximum absolute atomic E-state index is 12.8. The number of nitrogens with one attached hydrogen (secondary N) is 1. The fourth-order valence-electron chi connectivity index (χ4n) is 3.83. The number of rotatable bonds is 5. The van der Waals surface area contributed by atoms with Crippen LogP contribution in [0.1, 0.15) is 42.5 Å². The van der Waals surface area contributed by atoms with Crippen molar-refractivity contribution in [2.45, 2.75) is 42.4 Å². The quantitative estimate of drug-likeness (QED) is 0.782. The Morgan fingerprint density at radius 1 is 1.00 bits per heavy atom. The number of sulfonamides is 1. The van der Waals surface area contributed by atoms with Crippen LogP contribution in [0.15, 0.2) is 40.6 Å². The van der Waals surface area contributed by atoms with Gasteiger partial charge in [0.25, 0.3) is 15.9 Å². The number of carbonyl (C=O) groups excluding carboxylic acids is 1. The first-order valence-corrected chi connectivity index (χ1v) is 12.4. The molecule has 1 aliphatic carbocycles. The molecule has 1 aliphatic heterocycles. The summed E-state index contributed by atoms with van der Waals surface area (Å²) in [7, 11) is -3.48. The SMILES string of the molecule is O=C(NC1CCCCC1)c1ccc(-c2ccc(S(=O)(=O)N3CCOCC3)s2)cc1. The summed E-state index contributed by atoms with van der Waals surface area (Å²) in [5.41, 5.74) is 1.55. The van der Waals surface area contributed by atoms with Crippen molar-refractivity contribution in [3.63, 3.8) is 0 Å². The van der Waals surface area contributed by atoms with Crippen LogP contribution in [-0.4, -0.2) is 51.0 Å². The lowest BCUT2D eigenvalue weighted by atomic mass is 9.95. The zero-order valence-electron chi connectivity index (χ0n) is 16.3. The summed E-state index contributed by atoms with van der Waals surface area (Å²) in [4.78, 5) is 13.3. The third-order valence-electron chi connectivity index (χ3n) is 5.52. The molecular formula is C21H26N2O4S2. The molecule has 2 aromatic rings. The number of hydrogen-bond donors (Lipinski definition) is 1. The van der Waals surface area contributed by atoms with E-state index in [-0.39, 0.29) is 11.9 Å². The second-order valence-corrected chi connectivity index (χ2v) is 10.8. The molecular weight excluding hydrogens is 408 g/mol. The monoisotopic (exact) mass is 434 g/mol. The molecule has 8 heteroatoms. The van der Waals surface area contributed by atoms with Crippen LogP contribution in [0.3, 0.4) is 0 Å². The number of benzene rings is 1. The molecule has 0 atom stereocenters. The average Bonchev–Trinajstić information content (AvgIpc) is 3.26. The van der Waals surface area contributed by atoms with Crippen molar-refractivity contribution in [1.29, 1.82) is 0 Å². The zero-order chi connectivity index (χ0) is 20.3. The van der Waals surface area contributed by atoms with Crippen LogP contribution < -0.4 is 5.32 Å². The molecule has 6 nitrogen and oxygen atoms in total. The van der Waals surface area contributed by atoms with Gasteiger partial charge in [-0.2, -0.15) is 4.31 Å². The first-order valence-electron chi connectivity index (χ1n) is 10.1. The Morgan fingerprint density at radius 3 is 2.38 bits per heavy atom. The van der Waals surface area contributed by atoms with E-state index in [0.29, 0.717) is 36.1 Å². The zero-order valence-corrected chi connectivity index (χ0v) is 17.9. The first-order chi connectivity index (χ1) is 14.0. The van der Waals surface area contributed by atoms with Gasteiger partial charge in [0.2, 0.25) is 0 Å². The molecule has 29 heavy (non-hydrogen) atoms. The Labute approximate surface area is 175 Å². The molecule has 2 fully saturated rings. The van der Waals surface area contributed by atoms with Gasteiger partial charge >= 0.3 is 0 Å². The van der Waals surface area contributed by atoms with E-state index in [1.165, 1.54) is 34.9 Å². The molecule has 1 saturated carbocycles. The van der Waals surface area contributed by atoms with Crippen LogP contribution in [-0.2, 0) is 14.8 Å². The van der Waals surface area contributed by atoms with Crippen molar-refractivity contribution in [1.82, 2.24) is 9.62 Å². The van der Waals surface area contributed by atoms with E-state index in [1.54, 1.807) is 6.07 Å². The van der Waals surface area contributed by atoms with Gasteiger partial charge in [-0.05, 0) is 42.7 Å². The molecule has 1 aromatic heterocycles. The normalized spacial score (nSPS) is 19.2. The van der Waals surface area contributed by atoms with E-state index < -0.39 is 10.0 Å². The van der Waals surface area contributed by atoms with Crippen LogP contribution in [0.25, 0.3) is 10.4 Å². The van der Waals surface area contributed by atoms with Gasteiger partial charge in [0.1, 0.15) is 4.21 Å². The molecule has 4 rings (SSSR count). The number of amides is 1. The number of carbonyl (C=O) groups is 1. The topological polar surface area (TPSA) is 75.7 Å². The van der Waals surface area contributed by atoms with Gasteiger partial charge in [0, 0.05) is 29.6 Å². The molecule has 0 spiro atoms. The van der Waals surface area contributed by atoms with Crippen molar-refractivity contribution in [3.8, 4) is 10.4 Å². The van der Waals surface area contributed by atoms with Crippen LogP contribution >= 0.6 is 11.3 Å². The molecule has 1 aromatic carbocycles. The van der Waals surface area contributed by atoms with Crippen molar-refractivity contribution in [2.24, 2.45) is 0 Å². The predicted molar refractivity (Wildman–Crippen MR) is 114 cm³/mol. The Hall–Kier alpha value is -1.74. The van der Waals surface area contributed by atoms with Crippen LogP contribution in [0.2, 0.25) is 0 Å². The van der Waals surface area contributed by atoms with Gasteiger partial charge in [-0.15, -0.1) is 11.3 Å². The predicted octanol–water partition coefficient (Wildman–Crippen LogP) is 3.50. The van der Waals surface area contributed by atoms with Crippen LogP contribution in [0.4, 0.5) is 0 Å². The Bertz CT molecular complexity index is 941. The Kier molecular flexibility index (Phi) is 6.34. The summed E-state index contributed by atoms with van der Waals surface area (Å²) in [6.45, 7) is 1.64. The van der Waals surface area contributed by atoms with E-state index >= 15 is 0 Å². The lowest BCUT2D eigenvalue weighted by Crippen LogP contribution is -2.40. The summed E-state index contributed by atoms with van der Waals surface area (Å²) in [6.07, 6.45) is 5.72. The highest BCUT2D eigenvalue weighted by atomic mass is 32.2. The molecule has 0 bridgehead atoms. The lowest BCUT2D eigenvalue weighted by molar-refractivity contribution is 0.0731. The van der Waals surface area contributed by atoms with E-state index in [4.69, 9.17) is 4.74 Å². The van der Waals surface area contributed by atoms with E-state index in [0.717, 1.165) is 23.3 Å². The molecule has 1 saturated heterocycles. The Morgan fingerprint density at radius 2 is 1.69 bits per heavy atom.